The topological polar surface area (TPSA) is 50.4 Å². The van der Waals surface area contributed by atoms with Crippen LogP contribution in [-0.2, 0) is 4.79 Å². The summed E-state index contributed by atoms with van der Waals surface area (Å²) in [6.07, 6.45) is 3.20. The van der Waals surface area contributed by atoms with Crippen molar-refractivity contribution < 1.29 is 9.53 Å². The molecule has 4 heteroatoms. The third-order valence-electron chi connectivity index (χ3n) is 3.39. The molecule has 19 heavy (non-hydrogen) atoms. The molecule has 1 atom stereocenters. The highest BCUT2D eigenvalue weighted by Crippen LogP contribution is 2.22. The Morgan fingerprint density at radius 1 is 1.47 bits per heavy atom. The van der Waals surface area contributed by atoms with Gasteiger partial charge in [0.25, 0.3) is 0 Å². The van der Waals surface area contributed by atoms with Gasteiger partial charge in [-0.15, -0.1) is 0 Å². The Balaban J connectivity index is 2.00. The Hall–Kier alpha value is -1.55. The van der Waals surface area contributed by atoms with Crippen LogP contribution < -0.4 is 15.4 Å². The van der Waals surface area contributed by atoms with Crippen LogP contribution in [0.3, 0.4) is 0 Å². The monoisotopic (exact) mass is 262 g/mol. The number of rotatable bonds is 4. The van der Waals surface area contributed by atoms with Crippen LogP contribution in [0.1, 0.15) is 31.7 Å². The third kappa shape index (κ3) is 3.70. The van der Waals surface area contributed by atoms with Crippen LogP contribution in [0.25, 0.3) is 0 Å². The molecule has 1 saturated heterocycles. The molecule has 1 aromatic rings. The number of carbonyl (C=O) groups excluding carboxylic acids is 1. The predicted octanol–water partition coefficient (Wildman–Crippen LogP) is 2.47. The zero-order chi connectivity index (χ0) is 13.7. The van der Waals surface area contributed by atoms with E-state index in [0.717, 1.165) is 42.8 Å². The minimum absolute atomic E-state index is 0.0558. The maximum atomic E-state index is 12.1. The Bertz CT molecular complexity index is 440. The minimum Gasteiger partial charge on any atom is -0.494 e. The number of ether oxygens (including phenoxy) is 1. The fourth-order valence-electron chi connectivity index (χ4n) is 2.33. The van der Waals surface area contributed by atoms with Crippen molar-refractivity contribution in [2.45, 2.75) is 39.2 Å². The van der Waals surface area contributed by atoms with Crippen LogP contribution in [0.2, 0.25) is 0 Å². The van der Waals surface area contributed by atoms with Gasteiger partial charge in [0.15, 0.2) is 0 Å². The average molecular weight is 262 g/mol. The Labute approximate surface area is 114 Å². The van der Waals surface area contributed by atoms with E-state index in [4.69, 9.17) is 4.74 Å². The molecule has 0 radical (unpaired) electrons. The number of nitrogens with one attached hydrogen (secondary N) is 2. The number of aryl methyl sites for hydroxylation is 1. The molecule has 104 valence electrons. The standard InChI is InChI=1S/C15H22N2O2/c1-3-19-12-7-8-13(11(2)10-12)17-15(18)14-6-4-5-9-16-14/h7-8,10,14,16H,3-6,9H2,1-2H3,(H,17,18). The van der Waals surface area contributed by atoms with E-state index in [-0.39, 0.29) is 11.9 Å². The van der Waals surface area contributed by atoms with E-state index in [1.807, 2.05) is 32.0 Å². The van der Waals surface area contributed by atoms with Crippen LogP contribution in [-0.4, -0.2) is 25.1 Å². The third-order valence-corrected chi connectivity index (χ3v) is 3.39. The van der Waals surface area contributed by atoms with E-state index in [1.54, 1.807) is 0 Å². The van der Waals surface area contributed by atoms with Gasteiger partial charge in [-0.3, -0.25) is 4.79 Å². The summed E-state index contributed by atoms with van der Waals surface area (Å²) in [4.78, 5) is 12.1. The first-order chi connectivity index (χ1) is 9.20. The molecule has 0 aliphatic carbocycles. The van der Waals surface area contributed by atoms with Gasteiger partial charge in [0.1, 0.15) is 5.75 Å². The van der Waals surface area contributed by atoms with Gasteiger partial charge in [0.05, 0.1) is 12.6 Å². The fraction of sp³-hybridized carbons (Fsp3) is 0.533. The molecule has 1 heterocycles. The number of hydrogen-bond donors (Lipinski definition) is 2. The normalized spacial score (nSPS) is 18.9. The largest absolute Gasteiger partial charge is 0.494 e. The van der Waals surface area contributed by atoms with Gasteiger partial charge in [-0.25, -0.2) is 0 Å². The van der Waals surface area contributed by atoms with E-state index < -0.39 is 0 Å². The highest BCUT2D eigenvalue weighted by atomic mass is 16.5. The molecule has 0 aromatic heterocycles. The Morgan fingerprint density at radius 2 is 2.32 bits per heavy atom. The highest BCUT2D eigenvalue weighted by Gasteiger charge is 2.20. The quantitative estimate of drug-likeness (QED) is 0.876. The van der Waals surface area contributed by atoms with Crippen molar-refractivity contribution in [3.05, 3.63) is 23.8 Å². The summed E-state index contributed by atoms with van der Waals surface area (Å²) in [5.41, 5.74) is 1.89. The molecule has 1 amide bonds. The van der Waals surface area contributed by atoms with Gasteiger partial charge in [-0.05, 0) is 57.0 Å². The second-order valence-electron chi connectivity index (χ2n) is 4.90. The summed E-state index contributed by atoms with van der Waals surface area (Å²) in [7, 11) is 0. The molecule has 1 aliphatic heterocycles. The van der Waals surface area contributed by atoms with E-state index in [0.29, 0.717) is 6.61 Å². The maximum Gasteiger partial charge on any atom is 0.241 e. The van der Waals surface area contributed by atoms with Crippen molar-refractivity contribution >= 4 is 11.6 Å². The van der Waals surface area contributed by atoms with Gasteiger partial charge < -0.3 is 15.4 Å². The molecule has 0 saturated carbocycles. The molecule has 2 N–H and O–H groups in total. The summed E-state index contributed by atoms with van der Waals surface area (Å²) in [6, 6.07) is 5.69. The summed E-state index contributed by atoms with van der Waals surface area (Å²) < 4.78 is 5.44. The average Bonchev–Trinajstić information content (AvgIpc) is 2.43. The molecule has 1 fully saturated rings. The molecule has 1 unspecified atom stereocenters. The lowest BCUT2D eigenvalue weighted by Gasteiger charge is -2.23. The lowest BCUT2D eigenvalue weighted by atomic mass is 10.0. The smallest absolute Gasteiger partial charge is 0.241 e. The summed E-state index contributed by atoms with van der Waals surface area (Å²) in [5, 5.41) is 6.25. The lowest BCUT2D eigenvalue weighted by Crippen LogP contribution is -2.43. The van der Waals surface area contributed by atoms with E-state index in [1.165, 1.54) is 0 Å². The van der Waals surface area contributed by atoms with Crippen LogP contribution in [0.5, 0.6) is 5.75 Å². The van der Waals surface area contributed by atoms with Crippen molar-refractivity contribution in [2.24, 2.45) is 0 Å². The first-order valence-corrected chi connectivity index (χ1v) is 6.98. The van der Waals surface area contributed by atoms with Gasteiger partial charge in [-0.1, -0.05) is 6.42 Å². The minimum atomic E-state index is -0.0558. The summed E-state index contributed by atoms with van der Waals surface area (Å²) in [6.45, 7) is 5.52. The Morgan fingerprint density at radius 3 is 2.95 bits per heavy atom. The van der Waals surface area contributed by atoms with Crippen LogP contribution >= 0.6 is 0 Å². The first kappa shape index (κ1) is 13.9. The SMILES string of the molecule is CCOc1ccc(NC(=O)C2CCCCN2)c(C)c1. The lowest BCUT2D eigenvalue weighted by molar-refractivity contribution is -0.118. The summed E-state index contributed by atoms with van der Waals surface area (Å²) in [5.74, 6) is 0.903. The molecule has 0 spiro atoms. The molecular formula is C15H22N2O2. The van der Waals surface area contributed by atoms with Crippen molar-refractivity contribution in [2.75, 3.05) is 18.5 Å². The Kier molecular flexibility index (Phi) is 4.80. The number of amides is 1. The van der Waals surface area contributed by atoms with Crippen LogP contribution in [0.4, 0.5) is 5.69 Å². The van der Waals surface area contributed by atoms with Gasteiger partial charge in [-0.2, -0.15) is 0 Å². The second-order valence-corrected chi connectivity index (χ2v) is 4.90. The molecule has 0 bridgehead atoms. The first-order valence-electron chi connectivity index (χ1n) is 6.98. The zero-order valence-electron chi connectivity index (χ0n) is 11.7. The van der Waals surface area contributed by atoms with Crippen molar-refractivity contribution in [3.63, 3.8) is 0 Å². The summed E-state index contributed by atoms with van der Waals surface area (Å²) >= 11 is 0. The number of hydrogen-bond acceptors (Lipinski definition) is 3. The molecule has 2 rings (SSSR count). The van der Waals surface area contributed by atoms with Crippen molar-refractivity contribution in [3.8, 4) is 5.75 Å². The number of anilines is 1. The van der Waals surface area contributed by atoms with E-state index in [2.05, 4.69) is 10.6 Å². The van der Waals surface area contributed by atoms with Crippen molar-refractivity contribution in [1.82, 2.24) is 5.32 Å². The van der Waals surface area contributed by atoms with E-state index in [9.17, 15) is 4.79 Å². The maximum absolute atomic E-state index is 12.1. The van der Waals surface area contributed by atoms with Crippen LogP contribution in [0, 0.1) is 6.92 Å². The second kappa shape index (κ2) is 6.57. The predicted molar refractivity (Wildman–Crippen MR) is 76.6 cm³/mol. The van der Waals surface area contributed by atoms with Crippen LogP contribution in [0.15, 0.2) is 18.2 Å². The zero-order valence-corrected chi connectivity index (χ0v) is 11.7. The highest BCUT2D eigenvalue weighted by molar-refractivity contribution is 5.95. The fourth-order valence-corrected chi connectivity index (χ4v) is 2.33. The number of benzene rings is 1. The van der Waals surface area contributed by atoms with Crippen molar-refractivity contribution in [1.29, 1.82) is 0 Å². The number of carbonyl (C=O) groups is 1. The van der Waals surface area contributed by atoms with Gasteiger partial charge in [0.2, 0.25) is 5.91 Å². The molecular weight excluding hydrogens is 240 g/mol. The molecule has 1 aliphatic rings. The van der Waals surface area contributed by atoms with Gasteiger partial charge in [0, 0.05) is 5.69 Å². The molecule has 1 aromatic carbocycles. The van der Waals surface area contributed by atoms with E-state index >= 15 is 0 Å². The number of piperidine rings is 1. The van der Waals surface area contributed by atoms with Gasteiger partial charge >= 0.3 is 0 Å². The molecule has 4 nitrogen and oxygen atoms in total.